The summed E-state index contributed by atoms with van der Waals surface area (Å²) in [5.41, 5.74) is 4.86. The van der Waals surface area contributed by atoms with Crippen molar-refractivity contribution in [3.05, 3.63) is 82.1 Å². The molecule has 3 rings (SSSR count). The fourth-order valence-electron chi connectivity index (χ4n) is 2.67. The molecular weight excluding hydrogens is 450 g/mol. The third kappa shape index (κ3) is 5.96. The first kappa shape index (κ1) is 23.0. The zero-order valence-electron chi connectivity index (χ0n) is 17.3. The van der Waals surface area contributed by atoms with E-state index in [4.69, 9.17) is 4.74 Å². The molecule has 3 N–H and O–H groups in total. The van der Waals surface area contributed by atoms with Crippen LogP contribution in [-0.2, 0) is 14.8 Å². The average Bonchev–Trinajstić information content (AvgIpc) is 3.21. The van der Waals surface area contributed by atoms with E-state index >= 15 is 0 Å². The second kappa shape index (κ2) is 10.1. The van der Waals surface area contributed by atoms with Crippen molar-refractivity contribution in [3.8, 4) is 5.75 Å². The molecule has 2 amide bonds. The number of carbonyl (C=O) groups excluding carboxylic acids is 2. The van der Waals surface area contributed by atoms with Crippen LogP contribution in [0.25, 0.3) is 6.08 Å². The van der Waals surface area contributed by atoms with Crippen LogP contribution in [-0.4, -0.2) is 27.3 Å². The summed E-state index contributed by atoms with van der Waals surface area (Å²) in [5.74, 6) is -0.822. The van der Waals surface area contributed by atoms with Crippen LogP contribution in [0.15, 0.2) is 71.6 Å². The number of benzene rings is 2. The average molecular weight is 472 g/mol. The van der Waals surface area contributed by atoms with Crippen LogP contribution in [0.5, 0.6) is 5.75 Å². The predicted octanol–water partition coefficient (Wildman–Crippen LogP) is 3.34. The predicted molar refractivity (Wildman–Crippen MR) is 124 cm³/mol. The summed E-state index contributed by atoms with van der Waals surface area (Å²) in [7, 11) is -2.54. The zero-order chi connectivity index (χ0) is 23.1. The van der Waals surface area contributed by atoms with Gasteiger partial charge in [-0.05, 0) is 55.5 Å². The number of carbonyl (C=O) groups is 2. The van der Waals surface area contributed by atoms with Crippen LogP contribution in [0.1, 0.15) is 20.1 Å². The van der Waals surface area contributed by atoms with Crippen LogP contribution in [0.3, 0.4) is 0 Å². The number of thiophene rings is 1. The van der Waals surface area contributed by atoms with Crippen molar-refractivity contribution in [2.75, 3.05) is 11.8 Å². The molecule has 32 heavy (non-hydrogen) atoms. The van der Waals surface area contributed by atoms with Gasteiger partial charge in [0, 0.05) is 21.4 Å². The molecular formula is C22H21N3O5S2. The summed E-state index contributed by atoms with van der Waals surface area (Å²) in [4.78, 5) is 26.2. The van der Waals surface area contributed by atoms with Gasteiger partial charge >= 0.3 is 0 Å². The maximum absolute atomic E-state index is 12.8. The minimum Gasteiger partial charge on any atom is -0.495 e. The third-order valence-electron chi connectivity index (χ3n) is 4.22. The molecule has 1 heterocycles. The number of sulfonamides is 1. The van der Waals surface area contributed by atoms with Crippen molar-refractivity contribution in [2.45, 2.75) is 11.8 Å². The van der Waals surface area contributed by atoms with Gasteiger partial charge in [0.2, 0.25) is 0 Å². The third-order valence-corrected chi connectivity index (χ3v) is 6.55. The van der Waals surface area contributed by atoms with Crippen molar-refractivity contribution in [3.63, 3.8) is 0 Å². The lowest BCUT2D eigenvalue weighted by Crippen LogP contribution is -2.40. The number of hydrazine groups is 1. The van der Waals surface area contributed by atoms with Crippen LogP contribution in [0.2, 0.25) is 0 Å². The fourth-order valence-corrected chi connectivity index (χ4v) is 4.57. The molecule has 0 saturated carbocycles. The van der Waals surface area contributed by atoms with Crippen molar-refractivity contribution < 1.29 is 22.7 Å². The molecule has 0 saturated heterocycles. The van der Waals surface area contributed by atoms with Crippen molar-refractivity contribution in [1.82, 2.24) is 10.9 Å². The Labute approximate surface area is 190 Å². The molecule has 0 aliphatic heterocycles. The molecule has 0 aliphatic carbocycles. The van der Waals surface area contributed by atoms with Crippen LogP contribution < -0.4 is 20.3 Å². The van der Waals surface area contributed by atoms with Gasteiger partial charge in [0.1, 0.15) is 5.75 Å². The summed E-state index contributed by atoms with van der Waals surface area (Å²) in [6, 6.07) is 15.8. The van der Waals surface area contributed by atoms with Crippen molar-refractivity contribution in [2.24, 2.45) is 0 Å². The molecule has 8 nitrogen and oxygen atoms in total. The number of ether oxygens (including phenoxy) is 1. The maximum Gasteiger partial charge on any atom is 0.269 e. The van der Waals surface area contributed by atoms with E-state index in [1.807, 2.05) is 19.1 Å². The number of nitrogens with one attached hydrogen (secondary N) is 3. The van der Waals surface area contributed by atoms with Crippen LogP contribution in [0, 0.1) is 6.92 Å². The lowest BCUT2D eigenvalue weighted by molar-refractivity contribution is -0.117. The number of rotatable bonds is 7. The smallest absolute Gasteiger partial charge is 0.269 e. The number of hydrogen-bond acceptors (Lipinski definition) is 6. The highest BCUT2D eigenvalue weighted by atomic mass is 32.2. The van der Waals surface area contributed by atoms with Gasteiger partial charge in [-0.2, -0.15) is 0 Å². The highest BCUT2D eigenvalue weighted by molar-refractivity contribution is 7.92. The molecule has 0 radical (unpaired) electrons. The number of methoxy groups -OCH3 is 1. The number of aryl methyl sites for hydroxylation is 1. The number of anilines is 1. The molecule has 2 aromatic carbocycles. The second-order valence-corrected chi connectivity index (χ2v) is 9.56. The van der Waals surface area contributed by atoms with Gasteiger partial charge in [-0.15, -0.1) is 11.3 Å². The van der Waals surface area contributed by atoms with E-state index in [1.54, 1.807) is 30.3 Å². The highest BCUT2D eigenvalue weighted by Crippen LogP contribution is 2.26. The molecule has 0 aliphatic rings. The Balaban J connectivity index is 1.66. The first-order chi connectivity index (χ1) is 15.3. The Kier molecular flexibility index (Phi) is 7.29. The summed E-state index contributed by atoms with van der Waals surface area (Å²) in [6.45, 7) is 1.96. The van der Waals surface area contributed by atoms with E-state index in [2.05, 4.69) is 15.6 Å². The van der Waals surface area contributed by atoms with E-state index in [1.165, 1.54) is 48.8 Å². The lowest BCUT2D eigenvalue weighted by Gasteiger charge is -2.12. The summed E-state index contributed by atoms with van der Waals surface area (Å²) < 4.78 is 33.1. The molecule has 0 spiro atoms. The normalized spacial score (nSPS) is 11.2. The van der Waals surface area contributed by atoms with Gasteiger partial charge in [-0.25, -0.2) is 8.42 Å². The highest BCUT2D eigenvalue weighted by Gasteiger charge is 2.18. The Bertz CT molecular complexity index is 1270. The minimum absolute atomic E-state index is 0.0612. The van der Waals surface area contributed by atoms with Crippen LogP contribution >= 0.6 is 11.3 Å². The van der Waals surface area contributed by atoms with Crippen molar-refractivity contribution >= 4 is 44.9 Å². The summed E-state index contributed by atoms with van der Waals surface area (Å²) in [5, 5.41) is 0. The SMILES string of the molecule is COc1ccccc1NS(=O)(=O)c1cccc(C(=O)NNC(=O)/C=C/c2ccc(C)s2)c1. The van der Waals surface area contributed by atoms with Gasteiger partial charge in [-0.3, -0.25) is 25.2 Å². The van der Waals surface area contributed by atoms with Gasteiger partial charge in [-0.1, -0.05) is 18.2 Å². The number of para-hydroxylation sites is 2. The quantitative estimate of drug-likeness (QED) is 0.361. The van der Waals surface area contributed by atoms with E-state index in [9.17, 15) is 18.0 Å². The molecule has 0 atom stereocenters. The lowest BCUT2D eigenvalue weighted by atomic mass is 10.2. The molecule has 10 heteroatoms. The Hall–Kier alpha value is -3.63. The summed E-state index contributed by atoms with van der Waals surface area (Å²) in [6.07, 6.45) is 2.93. The second-order valence-electron chi connectivity index (χ2n) is 6.56. The van der Waals surface area contributed by atoms with E-state index < -0.39 is 21.8 Å². The van der Waals surface area contributed by atoms with Crippen LogP contribution in [0.4, 0.5) is 5.69 Å². The molecule has 166 valence electrons. The largest absolute Gasteiger partial charge is 0.495 e. The fraction of sp³-hybridized carbons (Fsp3) is 0.0909. The standard InChI is InChI=1S/C22H21N3O5S2/c1-15-10-11-17(31-15)12-13-21(26)23-24-22(27)16-6-5-7-18(14-16)32(28,29)25-19-8-3-4-9-20(19)30-2/h3-14,25H,1-2H3,(H,23,26)(H,24,27)/b13-12+. The van der Waals surface area contributed by atoms with Gasteiger partial charge in [0.15, 0.2) is 0 Å². The number of hydrogen-bond donors (Lipinski definition) is 3. The van der Waals surface area contributed by atoms with E-state index in [0.717, 1.165) is 9.75 Å². The molecule has 0 fully saturated rings. The Morgan fingerprint density at radius 3 is 2.50 bits per heavy atom. The maximum atomic E-state index is 12.8. The van der Waals surface area contributed by atoms with E-state index in [0.29, 0.717) is 5.75 Å². The van der Waals surface area contributed by atoms with Gasteiger partial charge in [0.25, 0.3) is 21.8 Å². The topological polar surface area (TPSA) is 114 Å². The summed E-state index contributed by atoms with van der Waals surface area (Å²) >= 11 is 1.53. The van der Waals surface area contributed by atoms with Crippen molar-refractivity contribution in [1.29, 1.82) is 0 Å². The first-order valence-electron chi connectivity index (χ1n) is 9.39. The molecule has 1 aromatic heterocycles. The molecule has 0 bridgehead atoms. The molecule has 0 unspecified atom stereocenters. The molecule has 3 aromatic rings. The van der Waals surface area contributed by atoms with E-state index in [-0.39, 0.29) is 16.1 Å². The first-order valence-corrected chi connectivity index (χ1v) is 11.7. The Morgan fingerprint density at radius 1 is 1.00 bits per heavy atom. The monoisotopic (exact) mass is 471 g/mol. The van der Waals surface area contributed by atoms with Gasteiger partial charge in [0.05, 0.1) is 17.7 Å². The van der Waals surface area contributed by atoms with Gasteiger partial charge < -0.3 is 4.74 Å². The Morgan fingerprint density at radius 2 is 1.78 bits per heavy atom. The number of amides is 2. The minimum atomic E-state index is -3.98. The zero-order valence-corrected chi connectivity index (χ0v) is 18.9.